The third kappa shape index (κ3) is 3.90. The number of amides is 1. The van der Waals surface area contributed by atoms with Gasteiger partial charge in [-0.1, -0.05) is 6.42 Å². The lowest BCUT2D eigenvalue weighted by Gasteiger charge is -2.31. The normalized spacial score (nSPS) is 15.8. The highest BCUT2D eigenvalue weighted by Gasteiger charge is 2.22. The Morgan fingerprint density at radius 1 is 1.33 bits per heavy atom. The number of rotatable bonds is 6. The largest absolute Gasteiger partial charge is 0.481 e. The Bertz CT molecular complexity index is 236. The average Bonchev–Trinajstić information content (AvgIpc) is 2.13. The molecule has 15 heavy (non-hydrogen) atoms. The molecule has 1 aliphatic carbocycles. The monoisotopic (exact) mass is 213 g/mol. The highest BCUT2D eigenvalue weighted by atomic mass is 16.4. The zero-order valence-electron chi connectivity index (χ0n) is 9.24. The Balaban J connectivity index is 2.28. The lowest BCUT2D eigenvalue weighted by atomic mass is 9.85. The number of aliphatic carboxylic acids is 1. The average molecular weight is 213 g/mol. The molecule has 1 saturated carbocycles. The van der Waals surface area contributed by atoms with Crippen LogP contribution in [0.15, 0.2) is 0 Å². The van der Waals surface area contributed by atoms with Crippen molar-refractivity contribution in [1.82, 2.24) is 4.90 Å². The first-order chi connectivity index (χ1) is 7.13. The molecule has 1 rings (SSSR count). The van der Waals surface area contributed by atoms with Crippen molar-refractivity contribution >= 4 is 11.9 Å². The first kappa shape index (κ1) is 12.0. The molecule has 0 atom stereocenters. The SMILES string of the molecule is CCN(CC1CCC1)C(=O)CCC(=O)O. The summed E-state index contributed by atoms with van der Waals surface area (Å²) >= 11 is 0. The van der Waals surface area contributed by atoms with E-state index in [-0.39, 0.29) is 18.7 Å². The minimum atomic E-state index is -0.900. The number of carboxylic acid groups (broad SMARTS) is 1. The van der Waals surface area contributed by atoms with Crippen LogP contribution >= 0.6 is 0 Å². The second-order valence-corrected chi connectivity index (χ2v) is 4.12. The summed E-state index contributed by atoms with van der Waals surface area (Å²) in [5.74, 6) is -0.270. The van der Waals surface area contributed by atoms with Crippen molar-refractivity contribution in [3.05, 3.63) is 0 Å². The van der Waals surface area contributed by atoms with Crippen molar-refractivity contribution in [2.24, 2.45) is 5.92 Å². The van der Waals surface area contributed by atoms with Gasteiger partial charge in [-0.25, -0.2) is 0 Å². The van der Waals surface area contributed by atoms with E-state index >= 15 is 0 Å². The Morgan fingerprint density at radius 2 is 2.00 bits per heavy atom. The molecule has 1 aliphatic rings. The van der Waals surface area contributed by atoms with Crippen LogP contribution in [0.25, 0.3) is 0 Å². The van der Waals surface area contributed by atoms with Crippen molar-refractivity contribution in [2.45, 2.75) is 39.0 Å². The van der Waals surface area contributed by atoms with Gasteiger partial charge in [-0.3, -0.25) is 9.59 Å². The molecule has 1 fully saturated rings. The molecule has 0 spiro atoms. The van der Waals surface area contributed by atoms with Crippen LogP contribution in [0.2, 0.25) is 0 Å². The fraction of sp³-hybridized carbons (Fsp3) is 0.818. The maximum atomic E-state index is 11.6. The number of carboxylic acids is 1. The van der Waals surface area contributed by atoms with Crippen molar-refractivity contribution in [2.75, 3.05) is 13.1 Å². The van der Waals surface area contributed by atoms with Gasteiger partial charge >= 0.3 is 5.97 Å². The van der Waals surface area contributed by atoms with Gasteiger partial charge in [-0.15, -0.1) is 0 Å². The van der Waals surface area contributed by atoms with Crippen LogP contribution in [-0.2, 0) is 9.59 Å². The molecule has 0 aromatic rings. The van der Waals surface area contributed by atoms with Crippen LogP contribution in [0.3, 0.4) is 0 Å². The predicted molar refractivity (Wildman–Crippen MR) is 56.5 cm³/mol. The Hall–Kier alpha value is -1.06. The molecule has 1 amide bonds. The number of carbonyl (C=O) groups is 2. The van der Waals surface area contributed by atoms with Gasteiger partial charge in [0.25, 0.3) is 0 Å². The molecule has 86 valence electrons. The van der Waals surface area contributed by atoms with Gasteiger partial charge in [0.1, 0.15) is 0 Å². The molecule has 1 N–H and O–H groups in total. The van der Waals surface area contributed by atoms with Crippen LogP contribution < -0.4 is 0 Å². The minimum Gasteiger partial charge on any atom is -0.481 e. The van der Waals surface area contributed by atoms with Crippen molar-refractivity contribution < 1.29 is 14.7 Å². The molecule has 0 aromatic heterocycles. The van der Waals surface area contributed by atoms with E-state index < -0.39 is 5.97 Å². The molecule has 4 heteroatoms. The summed E-state index contributed by atoms with van der Waals surface area (Å²) in [5, 5.41) is 8.49. The van der Waals surface area contributed by atoms with E-state index in [2.05, 4.69) is 0 Å². The Morgan fingerprint density at radius 3 is 2.40 bits per heavy atom. The summed E-state index contributed by atoms with van der Waals surface area (Å²) in [5.41, 5.74) is 0. The van der Waals surface area contributed by atoms with Crippen molar-refractivity contribution in [1.29, 1.82) is 0 Å². The predicted octanol–water partition coefficient (Wildman–Crippen LogP) is 1.50. The van der Waals surface area contributed by atoms with Gasteiger partial charge in [0.05, 0.1) is 6.42 Å². The number of hydrogen-bond acceptors (Lipinski definition) is 2. The quantitative estimate of drug-likeness (QED) is 0.727. The highest BCUT2D eigenvalue weighted by Crippen LogP contribution is 2.27. The zero-order valence-corrected chi connectivity index (χ0v) is 9.24. The standard InChI is InChI=1S/C11H19NO3/c1-2-12(8-9-4-3-5-9)10(13)6-7-11(14)15/h9H,2-8H2,1H3,(H,14,15). The summed E-state index contributed by atoms with van der Waals surface area (Å²) in [4.78, 5) is 23.7. The first-order valence-electron chi connectivity index (χ1n) is 5.63. The second-order valence-electron chi connectivity index (χ2n) is 4.12. The third-order valence-electron chi connectivity index (χ3n) is 2.99. The number of hydrogen-bond donors (Lipinski definition) is 1. The van der Waals surface area contributed by atoms with E-state index in [1.54, 1.807) is 4.90 Å². The van der Waals surface area contributed by atoms with Crippen LogP contribution in [0.1, 0.15) is 39.0 Å². The highest BCUT2D eigenvalue weighted by molar-refractivity contribution is 5.80. The Kier molecular flexibility index (Phi) is 4.59. The minimum absolute atomic E-state index is 0.0215. The smallest absolute Gasteiger partial charge is 0.303 e. The Labute approximate surface area is 90.3 Å². The second kappa shape index (κ2) is 5.73. The lowest BCUT2D eigenvalue weighted by Crippen LogP contribution is -2.37. The van der Waals surface area contributed by atoms with Crippen LogP contribution in [-0.4, -0.2) is 35.0 Å². The maximum absolute atomic E-state index is 11.6. The summed E-state index contributed by atoms with van der Waals surface area (Å²) in [6.45, 7) is 3.45. The summed E-state index contributed by atoms with van der Waals surface area (Å²) in [6, 6.07) is 0. The fourth-order valence-electron chi connectivity index (χ4n) is 1.77. The van der Waals surface area contributed by atoms with Crippen LogP contribution in [0.5, 0.6) is 0 Å². The molecule has 0 radical (unpaired) electrons. The van der Waals surface area contributed by atoms with E-state index in [4.69, 9.17) is 5.11 Å². The fourth-order valence-corrected chi connectivity index (χ4v) is 1.77. The number of nitrogens with zero attached hydrogens (tertiary/aromatic N) is 1. The van der Waals surface area contributed by atoms with Gasteiger partial charge in [0.15, 0.2) is 0 Å². The van der Waals surface area contributed by atoms with E-state index in [1.807, 2.05) is 6.92 Å². The van der Waals surface area contributed by atoms with E-state index in [0.717, 1.165) is 6.54 Å². The molecule has 0 heterocycles. The maximum Gasteiger partial charge on any atom is 0.303 e. The molecule has 0 unspecified atom stereocenters. The summed E-state index contributed by atoms with van der Waals surface area (Å²) < 4.78 is 0. The van der Waals surface area contributed by atoms with Crippen LogP contribution in [0.4, 0.5) is 0 Å². The third-order valence-corrected chi connectivity index (χ3v) is 2.99. The van der Waals surface area contributed by atoms with Gasteiger partial charge in [-0.05, 0) is 25.7 Å². The summed E-state index contributed by atoms with van der Waals surface area (Å²) in [7, 11) is 0. The van der Waals surface area contributed by atoms with Crippen molar-refractivity contribution in [3.63, 3.8) is 0 Å². The molecule has 0 aromatic carbocycles. The number of carbonyl (C=O) groups excluding carboxylic acids is 1. The van der Waals surface area contributed by atoms with Gasteiger partial charge < -0.3 is 10.0 Å². The van der Waals surface area contributed by atoms with E-state index in [1.165, 1.54) is 19.3 Å². The molecule has 0 saturated heterocycles. The van der Waals surface area contributed by atoms with Crippen LogP contribution in [0, 0.1) is 5.92 Å². The molecule has 0 bridgehead atoms. The van der Waals surface area contributed by atoms with Crippen molar-refractivity contribution in [3.8, 4) is 0 Å². The van der Waals surface area contributed by atoms with Gasteiger partial charge in [0, 0.05) is 19.5 Å². The molecule has 0 aliphatic heterocycles. The summed E-state index contributed by atoms with van der Waals surface area (Å²) in [6.07, 6.45) is 3.77. The zero-order chi connectivity index (χ0) is 11.3. The molecule has 4 nitrogen and oxygen atoms in total. The molecular weight excluding hydrogens is 194 g/mol. The van der Waals surface area contributed by atoms with E-state index in [9.17, 15) is 9.59 Å². The van der Waals surface area contributed by atoms with E-state index in [0.29, 0.717) is 12.5 Å². The topological polar surface area (TPSA) is 57.6 Å². The molecular formula is C11H19NO3. The van der Waals surface area contributed by atoms with Gasteiger partial charge in [0.2, 0.25) is 5.91 Å². The lowest BCUT2D eigenvalue weighted by molar-refractivity contribution is -0.141. The van der Waals surface area contributed by atoms with Gasteiger partial charge in [-0.2, -0.15) is 0 Å². The first-order valence-corrected chi connectivity index (χ1v) is 5.63.